The minimum absolute atomic E-state index is 0.0557. The first-order valence-corrected chi connectivity index (χ1v) is 7.99. The van der Waals surface area contributed by atoms with Crippen molar-refractivity contribution in [3.8, 4) is 0 Å². The van der Waals surface area contributed by atoms with Gasteiger partial charge in [0, 0.05) is 6.04 Å². The minimum atomic E-state index is -3.57. The second kappa shape index (κ2) is 5.54. The van der Waals surface area contributed by atoms with Gasteiger partial charge in [-0.2, -0.15) is 0 Å². The van der Waals surface area contributed by atoms with Crippen LogP contribution in [0.1, 0.15) is 25.7 Å². The van der Waals surface area contributed by atoms with Gasteiger partial charge in [-0.15, -0.1) is 0 Å². The molecule has 0 aliphatic heterocycles. The molecule has 3 nitrogen and oxygen atoms in total. The molecule has 1 aliphatic rings. The van der Waals surface area contributed by atoms with Crippen molar-refractivity contribution in [1.82, 2.24) is 0 Å². The zero-order valence-electron chi connectivity index (χ0n) is 10.5. The van der Waals surface area contributed by atoms with Crippen molar-refractivity contribution in [1.29, 1.82) is 0 Å². The summed E-state index contributed by atoms with van der Waals surface area (Å²) < 4.78 is 49.9. The van der Waals surface area contributed by atoms with Crippen LogP contribution >= 0.6 is 0 Å². The Kier molecular flexibility index (Phi) is 4.20. The highest BCUT2D eigenvalue weighted by Gasteiger charge is 2.26. The van der Waals surface area contributed by atoms with Crippen molar-refractivity contribution in [3.63, 3.8) is 0 Å². The highest BCUT2D eigenvalue weighted by molar-refractivity contribution is 7.91. The van der Waals surface area contributed by atoms with E-state index in [1.807, 2.05) is 0 Å². The third kappa shape index (κ3) is 3.30. The van der Waals surface area contributed by atoms with Crippen LogP contribution in [0, 0.1) is 17.6 Å². The van der Waals surface area contributed by atoms with Crippen LogP contribution in [-0.4, -0.2) is 20.2 Å². The molecule has 106 valence electrons. The Morgan fingerprint density at radius 1 is 1.21 bits per heavy atom. The van der Waals surface area contributed by atoms with Crippen molar-refractivity contribution in [3.05, 3.63) is 29.8 Å². The average Bonchev–Trinajstić information content (AvgIpc) is 2.76. The molecule has 0 heterocycles. The molecule has 0 aromatic heterocycles. The fourth-order valence-corrected chi connectivity index (χ4v) is 3.93. The van der Waals surface area contributed by atoms with Gasteiger partial charge in [-0.1, -0.05) is 6.42 Å². The summed E-state index contributed by atoms with van der Waals surface area (Å²) in [6, 6.07) is 2.73. The molecule has 2 rings (SSSR count). The van der Waals surface area contributed by atoms with Crippen LogP contribution in [0.2, 0.25) is 0 Å². The lowest BCUT2D eigenvalue weighted by molar-refractivity contribution is 0.464. The Hall–Kier alpha value is -1.01. The van der Waals surface area contributed by atoms with Gasteiger partial charge in [-0.05, 0) is 43.4 Å². The Balaban J connectivity index is 2.07. The number of hydrogen-bond acceptors (Lipinski definition) is 3. The van der Waals surface area contributed by atoms with Crippen LogP contribution < -0.4 is 5.73 Å². The molecule has 2 atom stereocenters. The van der Waals surface area contributed by atoms with E-state index in [0.29, 0.717) is 6.42 Å². The molecular weight excluding hydrogens is 272 g/mol. The molecule has 1 fully saturated rings. The van der Waals surface area contributed by atoms with E-state index in [4.69, 9.17) is 5.73 Å². The van der Waals surface area contributed by atoms with E-state index in [1.165, 1.54) is 0 Å². The maximum absolute atomic E-state index is 13.1. The quantitative estimate of drug-likeness (QED) is 0.865. The third-order valence-corrected chi connectivity index (χ3v) is 5.47. The summed E-state index contributed by atoms with van der Waals surface area (Å²) in [5.41, 5.74) is 5.89. The van der Waals surface area contributed by atoms with E-state index >= 15 is 0 Å². The predicted octanol–water partition coefficient (Wildman–Crippen LogP) is 2.26. The predicted molar refractivity (Wildman–Crippen MR) is 68.3 cm³/mol. The number of benzene rings is 1. The Morgan fingerprint density at radius 2 is 1.95 bits per heavy atom. The minimum Gasteiger partial charge on any atom is -0.327 e. The first kappa shape index (κ1) is 14.4. The van der Waals surface area contributed by atoms with Gasteiger partial charge in [0.2, 0.25) is 0 Å². The summed E-state index contributed by atoms with van der Waals surface area (Å²) >= 11 is 0. The van der Waals surface area contributed by atoms with Crippen LogP contribution in [0.25, 0.3) is 0 Å². The van der Waals surface area contributed by atoms with E-state index in [9.17, 15) is 17.2 Å². The molecular formula is C13H17F2NO2S. The number of hydrogen-bond donors (Lipinski definition) is 1. The highest BCUT2D eigenvalue weighted by Crippen LogP contribution is 2.28. The van der Waals surface area contributed by atoms with E-state index in [-0.39, 0.29) is 22.6 Å². The number of sulfone groups is 1. The molecule has 19 heavy (non-hydrogen) atoms. The first-order chi connectivity index (χ1) is 8.90. The second-order valence-corrected chi connectivity index (χ2v) is 7.15. The van der Waals surface area contributed by atoms with Gasteiger partial charge in [0.15, 0.2) is 21.5 Å². The molecule has 0 amide bonds. The van der Waals surface area contributed by atoms with Gasteiger partial charge in [0.05, 0.1) is 10.6 Å². The van der Waals surface area contributed by atoms with Crippen molar-refractivity contribution < 1.29 is 17.2 Å². The normalized spacial score (nSPS) is 23.7. The van der Waals surface area contributed by atoms with Crippen molar-refractivity contribution in [2.24, 2.45) is 11.7 Å². The lowest BCUT2D eigenvalue weighted by atomic mass is 10.0. The van der Waals surface area contributed by atoms with Crippen molar-refractivity contribution in [2.75, 3.05) is 5.75 Å². The van der Waals surface area contributed by atoms with Gasteiger partial charge in [0.1, 0.15) is 0 Å². The van der Waals surface area contributed by atoms with E-state index in [2.05, 4.69) is 0 Å². The van der Waals surface area contributed by atoms with Gasteiger partial charge in [-0.25, -0.2) is 17.2 Å². The molecule has 1 aliphatic carbocycles. The zero-order valence-corrected chi connectivity index (χ0v) is 11.3. The van der Waals surface area contributed by atoms with Crippen molar-refractivity contribution in [2.45, 2.75) is 36.6 Å². The molecule has 2 N–H and O–H groups in total. The standard InChI is InChI=1S/C13H17F2NO2S/c14-11-5-4-10(8-12(11)15)19(17,18)7-6-9-2-1-3-13(9)16/h4-5,8-9,13H,1-3,6-7,16H2. The zero-order chi connectivity index (χ0) is 14.0. The summed E-state index contributed by atoms with van der Waals surface area (Å²) in [4.78, 5) is -0.169. The summed E-state index contributed by atoms with van der Waals surface area (Å²) in [5, 5.41) is 0. The van der Waals surface area contributed by atoms with E-state index in [0.717, 1.165) is 37.5 Å². The maximum atomic E-state index is 13.1. The Labute approximate surface area is 111 Å². The van der Waals surface area contributed by atoms with E-state index in [1.54, 1.807) is 0 Å². The van der Waals surface area contributed by atoms with Gasteiger partial charge >= 0.3 is 0 Å². The average molecular weight is 289 g/mol. The lowest BCUT2D eigenvalue weighted by Crippen LogP contribution is -2.26. The fourth-order valence-electron chi connectivity index (χ4n) is 2.52. The molecule has 0 spiro atoms. The van der Waals surface area contributed by atoms with Crippen molar-refractivity contribution >= 4 is 9.84 Å². The molecule has 6 heteroatoms. The van der Waals surface area contributed by atoms with E-state index < -0.39 is 21.5 Å². The largest absolute Gasteiger partial charge is 0.327 e. The van der Waals surface area contributed by atoms with Crippen LogP contribution in [0.4, 0.5) is 8.78 Å². The summed E-state index contributed by atoms with van der Waals surface area (Å²) in [6.07, 6.45) is 3.36. The third-order valence-electron chi connectivity index (χ3n) is 3.73. The number of rotatable bonds is 4. The monoisotopic (exact) mass is 289 g/mol. The molecule has 1 aromatic carbocycles. The molecule has 1 saturated carbocycles. The molecule has 1 aromatic rings. The number of nitrogens with two attached hydrogens (primary N) is 1. The second-order valence-electron chi connectivity index (χ2n) is 5.04. The van der Waals surface area contributed by atoms with Crippen LogP contribution in [0.3, 0.4) is 0 Å². The van der Waals surface area contributed by atoms with Gasteiger partial charge < -0.3 is 5.73 Å². The van der Waals surface area contributed by atoms with Crippen LogP contribution in [0.5, 0.6) is 0 Å². The summed E-state index contributed by atoms with van der Waals surface area (Å²) in [6.45, 7) is 0. The van der Waals surface area contributed by atoms with Crippen LogP contribution in [0.15, 0.2) is 23.1 Å². The Bertz CT molecular complexity index is 560. The van der Waals surface area contributed by atoms with Gasteiger partial charge in [-0.3, -0.25) is 0 Å². The molecule has 0 saturated heterocycles. The lowest BCUT2D eigenvalue weighted by Gasteiger charge is -2.15. The topological polar surface area (TPSA) is 60.2 Å². The van der Waals surface area contributed by atoms with Crippen LogP contribution in [-0.2, 0) is 9.84 Å². The summed E-state index contributed by atoms with van der Waals surface area (Å²) in [7, 11) is -3.57. The first-order valence-electron chi connectivity index (χ1n) is 6.33. The smallest absolute Gasteiger partial charge is 0.178 e. The summed E-state index contributed by atoms with van der Waals surface area (Å²) in [5.74, 6) is -2.05. The highest BCUT2D eigenvalue weighted by atomic mass is 32.2. The van der Waals surface area contributed by atoms with Gasteiger partial charge in [0.25, 0.3) is 0 Å². The SMILES string of the molecule is NC1CCCC1CCS(=O)(=O)c1ccc(F)c(F)c1. The molecule has 0 bridgehead atoms. The Morgan fingerprint density at radius 3 is 2.53 bits per heavy atom. The number of halogens is 2. The molecule has 0 radical (unpaired) electrons. The maximum Gasteiger partial charge on any atom is 0.178 e. The molecule has 2 unspecified atom stereocenters. The fraction of sp³-hybridized carbons (Fsp3) is 0.538.